The van der Waals surface area contributed by atoms with Gasteiger partial charge in [0.15, 0.2) is 6.10 Å². The zero-order chi connectivity index (χ0) is 22.6. The van der Waals surface area contributed by atoms with Gasteiger partial charge >= 0.3 is 0 Å². The van der Waals surface area contributed by atoms with Gasteiger partial charge in [0.2, 0.25) is 11.8 Å². The van der Waals surface area contributed by atoms with Crippen LogP contribution in [0.1, 0.15) is 26.2 Å². The first-order valence-corrected chi connectivity index (χ1v) is 9.64. The second-order valence-electron chi connectivity index (χ2n) is 6.54. The van der Waals surface area contributed by atoms with Crippen LogP contribution in [0.15, 0.2) is 54.6 Å². The summed E-state index contributed by atoms with van der Waals surface area (Å²) in [6.07, 6.45) is -1.02. The predicted octanol–water partition coefficient (Wildman–Crippen LogP) is 2.47. The molecule has 1 atom stereocenters. The lowest BCUT2D eigenvalue weighted by atomic mass is 10.2. The lowest BCUT2D eigenvalue weighted by Gasteiger charge is -2.21. The molecule has 0 aliphatic heterocycles. The van der Waals surface area contributed by atoms with Gasteiger partial charge < -0.3 is 9.64 Å². The van der Waals surface area contributed by atoms with Gasteiger partial charge in [-0.2, -0.15) is 5.26 Å². The van der Waals surface area contributed by atoms with E-state index in [0.29, 0.717) is 11.4 Å². The Labute approximate surface area is 179 Å². The number of ether oxygens (including phenoxy) is 1. The number of nitrogens with zero attached hydrogens (tertiary/aromatic N) is 2. The number of rotatable bonds is 9. The Kier molecular flexibility index (Phi) is 8.98. The highest BCUT2D eigenvalue weighted by molar-refractivity contribution is 5.95. The van der Waals surface area contributed by atoms with E-state index in [1.54, 1.807) is 24.3 Å². The Morgan fingerprint density at radius 3 is 2.39 bits per heavy atom. The van der Waals surface area contributed by atoms with Gasteiger partial charge in [0.25, 0.3) is 5.91 Å². The average Bonchev–Trinajstić information content (AvgIpc) is 2.78. The van der Waals surface area contributed by atoms with Crippen LogP contribution in [0.5, 0.6) is 5.75 Å². The molecule has 9 heteroatoms. The monoisotopic (exact) mass is 426 g/mol. The highest BCUT2D eigenvalue weighted by atomic mass is 19.1. The van der Waals surface area contributed by atoms with Gasteiger partial charge in [-0.25, -0.2) is 4.39 Å². The van der Waals surface area contributed by atoms with E-state index in [4.69, 9.17) is 10.00 Å². The van der Waals surface area contributed by atoms with Gasteiger partial charge in [-0.15, -0.1) is 0 Å². The molecule has 0 spiro atoms. The molecule has 1 unspecified atom stereocenters. The Bertz CT molecular complexity index is 929. The minimum absolute atomic E-state index is 0.0936. The molecule has 2 aromatic rings. The molecular weight excluding hydrogens is 403 g/mol. The van der Waals surface area contributed by atoms with E-state index in [2.05, 4.69) is 10.9 Å². The summed E-state index contributed by atoms with van der Waals surface area (Å²) in [7, 11) is 0. The van der Waals surface area contributed by atoms with Crippen molar-refractivity contribution >= 4 is 23.4 Å². The van der Waals surface area contributed by atoms with Gasteiger partial charge in [-0.05, 0) is 43.3 Å². The van der Waals surface area contributed by atoms with E-state index in [9.17, 15) is 18.8 Å². The molecule has 0 saturated heterocycles. The van der Waals surface area contributed by atoms with Crippen molar-refractivity contribution in [2.45, 2.75) is 32.3 Å². The number of nitrogens with one attached hydrogen (secondary N) is 2. The predicted molar refractivity (Wildman–Crippen MR) is 111 cm³/mol. The van der Waals surface area contributed by atoms with Crippen LogP contribution in [0.4, 0.5) is 10.1 Å². The minimum Gasteiger partial charge on any atom is -0.481 e. The molecule has 0 aromatic heterocycles. The van der Waals surface area contributed by atoms with Gasteiger partial charge in [0, 0.05) is 25.1 Å². The third kappa shape index (κ3) is 7.78. The number of hydrogen-bond acceptors (Lipinski definition) is 5. The normalized spacial score (nSPS) is 11.0. The van der Waals surface area contributed by atoms with Crippen molar-refractivity contribution < 1.29 is 23.5 Å². The Hall–Kier alpha value is -3.93. The smallest absolute Gasteiger partial charge is 0.279 e. The number of carbonyl (C=O) groups is 3. The molecule has 0 saturated carbocycles. The van der Waals surface area contributed by atoms with Crippen molar-refractivity contribution in [1.82, 2.24) is 10.9 Å². The maximum absolute atomic E-state index is 12.9. The summed E-state index contributed by atoms with van der Waals surface area (Å²) in [6, 6.07) is 16.0. The lowest BCUT2D eigenvalue weighted by molar-refractivity contribution is -0.133. The molecule has 2 rings (SSSR count). The van der Waals surface area contributed by atoms with E-state index in [1.165, 1.54) is 36.1 Å². The largest absolute Gasteiger partial charge is 0.481 e. The van der Waals surface area contributed by atoms with E-state index in [-0.39, 0.29) is 31.7 Å². The van der Waals surface area contributed by atoms with E-state index >= 15 is 0 Å². The molecule has 0 heterocycles. The number of para-hydroxylation sites is 1. The van der Waals surface area contributed by atoms with Crippen molar-refractivity contribution in [3.63, 3.8) is 0 Å². The standard InChI is InChI=1S/C22H23FN4O4/c1-16(31-19-10-8-17(23)9-11-19)22(30)26-25-20(28)12-13-21(29)27(15-5-14-24)18-6-3-2-4-7-18/h2-4,6-11,16H,5,12-13,15H2,1H3,(H,25,28)(H,26,30). The molecule has 2 N–H and O–H groups in total. The zero-order valence-corrected chi connectivity index (χ0v) is 17.0. The number of nitriles is 1. The number of hydrazine groups is 1. The molecule has 0 aliphatic carbocycles. The molecule has 31 heavy (non-hydrogen) atoms. The average molecular weight is 426 g/mol. The van der Waals surface area contributed by atoms with Gasteiger partial charge in [0.05, 0.1) is 12.5 Å². The number of carbonyl (C=O) groups excluding carboxylic acids is 3. The molecule has 3 amide bonds. The van der Waals surface area contributed by atoms with Crippen LogP contribution in [0, 0.1) is 17.1 Å². The topological polar surface area (TPSA) is 112 Å². The van der Waals surface area contributed by atoms with Crippen LogP contribution >= 0.6 is 0 Å². The maximum atomic E-state index is 12.9. The van der Waals surface area contributed by atoms with E-state index in [1.807, 2.05) is 12.1 Å². The maximum Gasteiger partial charge on any atom is 0.279 e. The van der Waals surface area contributed by atoms with Crippen molar-refractivity contribution in [2.75, 3.05) is 11.4 Å². The Balaban J connectivity index is 1.79. The second-order valence-corrected chi connectivity index (χ2v) is 6.54. The van der Waals surface area contributed by atoms with Crippen LogP contribution in [-0.4, -0.2) is 30.4 Å². The number of benzene rings is 2. The third-order valence-electron chi connectivity index (χ3n) is 4.20. The highest BCUT2D eigenvalue weighted by Gasteiger charge is 2.18. The first-order valence-electron chi connectivity index (χ1n) is 9.64. The first-order chi connectivity index (χ1) is 14.9. The number of halogens is 1. The van der Waals surface area contributed by atoms with Gasteiger partial charge in [-0.3, -0.25) is 25.2 Å². The summed E-state index contributed by atoms with van der Waals surface area (Å²) in [5, 5.41) is 8.81. The first kappa shape index (κ1) is 23.3. The van der Waals surface area contributed by atoms with Crippen LogP contribution in [-0.2, 0) is 14.4 Å². The van der Waals surface area contributed by atoms with Crippen molar-refractivity contribution in [3.8, 4) is 11.8 Å². The molecule has 162 valence electrons. The number of amides is 3. The van der Waals surface area contributed by atoms with Crippen molar-refractivity contribution in [2.24, 2.45) is 0 Å². The summed E-state index contributed by atoms with van der Waals surface area (Å²) < 4.78 is 18.3. The van der Waals surface area contributed by atoms with Gasteiger partial charge in [0.1, 0.15) is 11.6 Å². The lowest BCUT2D eigenvalue weighted by Crippen LogP contribution is -2.47. The molecule has 0 aliphatic rings. The third-order valence-corrected chi connectivity index (χ3v) is 4.20. The highest BCUT2D eigenvalue weighted by Crippen LogP contribution is 2.16. The second kappa shape index (κ2) is 11.9. The summed E-state index contributed by atoms with van der Waals surface area (Å²) in [5.74, 6) is -1.59. The quantitative estimate of drug-likeness (QED) is 0.599. The van der Waals surface area contributed by atoms with Crippen LogP contribution in [0.3, 0.4) is 0 Å². The molecule has 0 fully saturated rings. The molecule has 0 radical (unpaired) electrons. The summed E-state index contributed by atoms with van der Waals surface area (Å²) in [5.41, 5.74) is 5.10. The molecule has 8 nitrogen and oxygen atoms in total. The zero-order valence-electron chi connectivity index (χ0n) is 17.0. The van der Waals surface area contributed by atoms with Crippen LogP contribution in [0.2, 0.25) is 0 Å². The minimum atomic E-state index is -0.938. The Morgan fingerprint density at radius 1 is 1.06 bits per heavy atom. The summed E-state index contributed by atoms with van der Waals surface area (Å²) in [6.45, 7) is 1.69. The molecule has 0 bridgehead atoms. The summed E-state index contributed by atoms with van der Waals surface area (Å²) >= 11 is 0. The van der Waals surface area contributed by atoms with Crippen LogP contribution in [0.25, 0.3) is 0 Å². The number of hydrogen-bond donors (Lipinski definition) is 2. The number of anilines is 1. The fraction of sp³-hybridized carbons (Fsp3) is 0.273. The van der Waals surface area contributed by atoms with E-state index in [0.717, 1.165) is 0 Å². The van der Waals surface area contributed by atoms with Crippen molar-refractivity contribution in [1.29, 1.82) is 5.26 Å². The Morgan fingerprint density at radius 2 is 1.74 bits per heavy atom. The van der Waals surface area contributed by atoms with Crippen molar-refractivity contribution in [3.05, 3.63) is 60.4 Å². The van der Waals surface area contributed by atoms with E-state index < -0.39 is 23.7 Å². The van der Waals surface area contributed by atoms with Crippen LogP contribution < -0.4 is 20.5 Å². The fourth-order valence-electron chi connectivity index (χ4n) is 2.59. The summed E-state index contributed by atoms with van der Waals surface area (Å²) in [4.78, 5) is 38.0. The SMILES string of the molecule is CC(Oc1ccc(F)cc1)C(=O)NNC(=O)CCC(=O)N(CCC#N)c1ccccc1. The van der Waals surface area contributed by atoms with Gasteiger partial charge in [-0.1, -0.05) is 18.2 Å². The molecular formula is C22H23FN4O4. The fourth-order valence-corrected chi connectivity index (χ4v) is 2.59. The molecule has 2 aromatic carbocycles.